The van der Waals surface area contributed by atoms with Crippen molar-refractivity contribution in [3.8, 4) is 0 Å². The molecule has 0 spiro atoms. The SMILES string of the molecule is O=C(c1cccc([N+](=O)[O-])c1)N1CCC2CCC(C1)N2. The average Bonchev–Trinajstić information content (AvgIpc) is 2.78. The van der Waals surface area contributed by atoms with Gasteiger partial charge >= 0.3 is 0 Å². The second-order valence-corrected chi connectivity index (χ2v) is 5.49. The Morgan fingerprint density at radius 2 is 2.10 bits per heavy atom. The number of carbonyl (C=O) groups excluding carboxylic acids is 1. The van der Waals surface area contributed by atoms with Gasteiger partial charge in [0.15, 0.2) is 0 Å². The minimum Gasteiger partial charge on any atom is -0.337 e. The topological polar surface area (TPSA) is 75.5 Å². The van der Waals surface area contributed by atoms with Crippen LogP contribution >= 0.6 is 0 Å². The van der Waals surface area contributed by atoms with E-state index in [0.717, 1.165) is 19.4 Å². The van der Waals surface area contributed by atoms with Crippen LogP contribution in [0.25, 0.3) is 0 Å². The molecular weight excluding hydrogens is 258 g/mol. The van der Waals surface area contributed by atoms with Crippen molar-refractivity contribution in [1.29, 1.82) is 0 Å². The number of likely N-dealkylation sites (tertiary alicyclic amines) is 1. The number of nitro benzene ring substituents is 1. The lowest BCUT2D eigenvalue weighted by molar-refractivity contribution is -0.384. The van der Waals surface area contributed by atoms with E-state index in [1.807, 2.05) is 4.90 Å². The predicted octanol–water partition coefficient (Wildman–Crippen LogP) is 1.56. The molecule has 20 heavy (non-hydrogen) atoms. The van der Waals surface area contributed by atoms with E-state index in [9.17, 15) is 14.9 Å². The number of hydrogen-bond acceptors (Lipinski definition) is 4. The third kappa shape index (κ3) is 2.51. The Morgan fingerprint density at radius 3 is 2.90 bits per heavy atom. The van der Waals surface area contributed by atoms with Gasteiger partial charge in [-0.1, -0.05) is 6.07 Å². The maximum absolute atomic E-state index is 12.5. The van der Waals surface area contributed by atoms with Gasteiger partial charge in [-0.2, -0.15) is 0 Å². The monoisotopic (exact) mass is 275 g/mol. The van der Waals surface area contributed by atoms with Crippen molar-refractivity contribution >= 4 is 11.6 Å². The summed E-state index contributed by atoms with van der Waals surface area (Å²) >= 11 is 0. The van der Waals surface area contributed by atoms with Crippen LogP contribution in [-0.2, 0) is 0 Å². The van der Waals surface area contributed by atoms with E-state index in [1.165, 1.54) is 18.6 Å². The van der Waals surface area contributed by atoms with Gasteiger partial charge in [0.2, 0.25) is 0 Å². The van der Waals surface area contributed by atoms with Gasteiger partial charge in [-0.3, -0.25) is 14.9 Å². The van der Waals surface area contributed by atoms with E-state index < -0.39 is 4.92 Å². The van der Waals surface area contributed by atoms with E-state index in [4.69, 9.17) is 0 Å². The van der Waals surface area contributed by atoms with E-state index >= 15 is 0 Å². The van der Waals surface area contributed by atoms with Crippen molar-refractivity contribution in [2.24, 2.45) is 0 Å². The molecule has 106 valence electrons. The fourth-order valence-electron chi connectivity index (χ4n) is 3.06. The summed E-state index contributed by atoms with van der Waals surface area (Å²) in [4.78, 5) is 24.6. The first-order valence-corrected chi connectivity index (χ1v) is 6.93. The molecule has 2 unspecified atom stereocenters. The van der Waals surface area contributed by atoms with E-state index in [-0.39, 0.29) is 11.6 Å². The Kier molecular flexibility index (Phi) is 3.40. The number of non-ortho nitro benzene ring substituents is 1. The fourth-order valence-corrected chi connectivity index (χ4v) is 3.06. The predicted molar refractivity (Wildman–Crippen MR) is 73.6 cm³/mol. The van der Waals surface area contributed by atoms with E-state index in [1.54, 1.807) is 12.1 Å². The van der Waals surface area contributed by atoms with Gasteiger partial charge in [-0.15, -0.1) is 0 Å². The Bertz CT molecular complexity index is 546. The lowest BCUT2D eigenvalue weighted by atomic mass is 10.1. The number of fused-ring (bicyclic) bond motifs is 2. The highest BCUT2D eigenvalue weighted by Gasteiger charge is 2.31. The number of rotatable bonds is 2. The minimum absolute atomic E-state index is 0.0367. The third-order valence-electron chi connectivity index (χ3n) is 4.11. The van der Waals surface area contributed by atoms with Crippen LogP contribution in [0.4, 0.5) is 5.69 Å². The van der Waals surface area contributed by atoms with Crippen LogP contribution in [0.2, 0.25) is 0 Å². The largest absolute Gasteiger partial charge is 0.337 e. The van der Waals surface area contributed by atoms with Gasteiger partial charge in [0.25, 0.3) is 11.6 Å². The summed E-state index contributed by atoms with van der Waals surface area (Å²) in [5.74, 6) is -0.108. The van der Waals surface area contributed by atoms with Crippen molar-refractivity contribution in [3.05, 3.63) is 39.9 Å². The van der Waals surface area contributed by atoms with Gasteiger partial charge < -0.3 is 10.2 Å². The molecule has 0 aliphatic carbocycles. The van der Waals surface area contributed by atoms with Crippen molar-refractivity contribution in [3.63, 3.8) is 0 Å². The van der Waals surface area contributed by atoms with Crippen molar-refractivity contribution in [1.82, 2.24) is 10.2 Å². The van der Waals surface area contributed by atoms with Crippen LogP contribution in [-0.4, -0.2) is 40.9 Å². The highest BCUT2D eigenvalue weighted by Crippen LogP contribution is 2.22. The lowest BCUT2D eigenvalue weighted by Crippen LogP contribution is -2.39. The van der Waals surface area contributed by atoms with Gasteiger partial charge in [-0.25, -0.2) is 0 Å². The summed E-state index contributed by atoms with van der Waals surface area (Å²) in [5.41, 5.74) is 0.363. The molecular formula is C14H17N3O3. The van der Waals surface area contributed by atoms with Crippen molar-refractivity contribution < 1.29 is 9.72 Å². The molecule has 2 atom stereocenters. The summed E-state index contributed by atoms with van der Waals surface area (Å²) < 4.78 is 0. The number of benzene rings is 1. The maximum atomic E-state index is 12.5. The average molecular weight is 275 g/mol. The number of carbonyl (C=O) groups is 1. The fraction of sp³-hybridized carbons (Fsp3) is 0.500. The van der Waals surface area contributed by atoms with Gasteiger partial charge in [0, 0.05) is 42.9 Å². The molecule has 0 saturated carbocycles. The molecule has 1 N–H and O–H groups in total. The first kappa shape index (κ1) is 13.1. The molecule has 2 aliphatic heterocycles. The van der Waals surface area contributed by atoms with Crippen LogP contribution < -0.4 is 5.32 Å². The second-order valence-electron chi connectivity index (χ2n) is 5.49. The van der Waals surface area contributed by atoms with Crippen LogP contribution in [0.15, 0.2) is 24.3 Å². The number of nitrogens with one attached hydrogen (secondary N) is 1. The third-order valence-corrected chi connectivity index (χ3v) is 4.11. The van der Waals surface area contributed by atoms with Gasteiger partial charge in [-0.05, 0) is 25.3 Å². The number of nitrogens with zero attached hydrogens (tertiary/aromatic N) is 2. The molecule has 0 radical (unpaired) electrons. The lowest BCUT2D eigenvalue weighted by Gasteiger charge is -2.24. The number of nitro groups is 1. The molecule has 2 heterocycles. The van der Waals surface area contributed by atoms with E-state index in [2.05, 4.69) is 5.32 Å². The quantitative estimate of drug-likeness (QED) is 0.656. The Morgan fingerprint density at radius 1 is 1.30 bits per heavy atom. The van der Waals surface area contributed by atoms with Crippen LogP contribution in [0.3, 0.4) is 0 Å². The summed E-state index contributed by atoms with van der Waals surface area (Å²) in [6, 6.07) is 6.86. The molecule has 0 aromatic heterocycles. The highest BCUT2D eigenvalue weighted by molar-refractivity contribution is 5.94. The molecule has 2 fully saturated rings. The molecule has 2 bridgehead atoms. The minimum atomic E-state index is -0.470. The van der Waals surface area contributed by atoms with Crippen molar-refractivity contribution in [2.75, 3.05) is 13.1 Å². The van der Waals surface area contributed by atoms with Gasteiger partial charge in [0.05, 0.1) is 4.92 Å². The van der Waals surface area contributed by atoms with E-state index in [0.29, 0.717) is 24.2 Å². The zero-order valence-corrected chi connectivity index (χ0v) is 11.1. The normalized spacial score (nSPS) is 25.3. The zero-order valence-electron chi connectivity index (χ0n) is 11.1. The first-order valence-electron chi connectivity index (χ1n) is 6.93. The summed E-state index contributed by atoms with van der Waals surface area (Å²) in [6.45, 7) is 1.41. The van der Waals surface area contributed by atoms with Crippen molar-refractivity contribution in [2.45, 2.75) is 31.3 Å². The summed E-state index contributed by atoms with van der Waals surface area (Å²) in [5, 5.41) is 14.3. The Balaban J connectivity index is 1.78. The number of hydrogen-bond donors (Lipinski definition) is 1. The Labute approximate surface area is 116 Å². The highest BCUT2D eigenvalue weighted by atomic mass is 16.6. The van der Waals surface area contributed by atoms with Crippen LogP contribution in [0.5, 0.6) is 0 Å². The molecule has 1 aromatic carbocycles. The summed E-state index contributed by atoms with van der Waals surface area (Å²) in [6.07, 6.45) is 3.24. The summed E-state index contributed by atoms with van der Waals surface area (Å²) in [7, 11) is 0. The molecule has 6 heteroatoms. The second kappa shape index (κ2) is 5.20. The molecule has 1 aromatic rings. The molecule has 2 aliphatic rings. The first-order chi connectivity index (χ1) is 9.63. The van der Waals surface area contributed by atoms with Crippen LogP contribution in [0, 0.1) is 10.1 Å². The maximum Gasteiger partial charge on any atom is 0.270 e. The van der Waals surface area contributed by atoms with Gasteiger partial charge in [0.1, 0.15) is 0 Å². The standard InChI is InChI=1S/C14H17N3O3/c18-14(10-2-1-3-13(8-10)17(19)20)16-7-6-11-4-5-12(9-16)15-11/h1-3,8,11-12,15H,4-7,9H2. The smallest absolute Gasteiger partial charge is 0.270 e. The zero-order chi connectivity index (χ0) is 14.1. The molecule has 3 rings (SSSR count). The van der Waals surface area contributed by atoms with Crippen LogP contribution in [0.1, 0.15) is 29.6 Å². The molecule has 1 amide bonds. The number of amides is 1. The Hall–Kier alpha value is -1.95. The molecule has 6 nitrogen and oxygen atoms in total. The molecule has 2 saturated heterocycles.